The van der Waals surface area contributed by atoms with Gasteiger partial charge in [0.1, 0.15) is 5.82 Å². The van der Waals surface area contributed by atoms with E-state index in [9.17, 15) is 9.59 Å². The van der Waals surface area contributed by atoms with Crippen molar-refractivity contribution in [2.45, 2.75) is 32.2 Å². The van der Waals surface area contributed by atoms with Gasteiger partial charge in [-0.2, -0.15) is 4.98 Å². The summed E-state index contributed by atoms with van der Waals surface area (Å²) in [6, 6.07) is 13.3. The summed E-state index contributed by atoms with van der Waals surface area (Å²) >= 11 is 0. The Morgan fingerprint density at radius 2 is 2.07 bits per heavy atom. The minimum atomic E-state index is -0.430. The molecule has 4 rings (SSSR count). The van der Waals surface area contributed by atoms with Crippen molar-refractivity contribution in [2.75, 3.05) is 11.4 Å². The first-order chi connectivity index (χ1) is 13.0. The minimum absolute atomic E-state index is 0.0405. The molecular weight excluding hydrogens is 342 g/mol. The van der Waals surface area contributed by atoms with Crippen molar-refractivity contribution in [3.63, 3.8) is 0 Å². The molecule has 2 aromatic heterocycles. The fourth-order valence-electron chi connectivity index (χ4n) is 3.87. The lowest BCUT2D eigenvalue weighted by Crippen LogP contribution is -2.33. The molecule has 0 aliphatic carbocycles. The van der Waals surface area contributed by atoms with Gasteiger partial charge in [-0.1, -0.05) is 24.3 Å². The van der Waals surface area contributed by atoms with Crippen LogP contribution >= 0.6 is 0 Å². The van der Waals surface area contributed by atoms with Crippen molar-refractivity contribution < 1.29 is 9.21 Å². The van der Waals surface area contributed by atoms with E-state index in [2.05, 4.69) is 9.88 Å². The molecule has 0 radical (unpaired) electrons. The molecule has 1 aliphatic rings. The molecule has 3 heterocycles. The number of fused-ring (bicyclic) bond motifs is 1. The first kappa shape index (κ1) is 17.3. The molecule has 0 bridgehead atoms. The Kier molecular flexibility index (Phi) is 4.39. The molecule has 6 nitrogen and oxygen atoms in total. The van der Waals surface area contributed by atoms with Crippen molar-refractivity contribution in [3.8, 4) is 11.1 Å². The van der Waals surface area contributed by atoms with Gasteiger partial charge < -0.3 is 15.1 Å². The molecule has 27 heavy (non-hydrogen) atoms. The van der Waals surface area contributed by atoms with E-state index in [0.29, 0.717) is 18.0 Å². The summed E-state index contributed by atoms with van der Waals surface area (Å²) in [7, 11) is 0. The van der Waals surface area contributed by atoms with Crippen LogP contribution in [0.5, 0.6) is 0 Å². The molecule has 1 amide bonds. The van der Waals surface area contributed by atoms with Crippen molar-refractivity contribution in [1.82, 2.24) is 4.98 Å². The van der Waals surface area contributed by atoms with Crippen LogP contribution in [-0.4, -0.2) is 23.5 Å². The zero-order valence-corrected chi connectivity index (χ0v) is 15.1. The molecule has 0 saturated carbocycles. The normalized spacial score (nSPS) is 16.8. The van der Waals surface area contributed by atoms with Crippen molar-refractivity contribution in [3.05, 3.63) is 58.4 Å². The molecule has 1 aromatic carbocycles. The molecule has 0 spiro atoms. The number of hydrogen-bond donors (Lipinski definition) is 1. The number of carbonyl (C=O) groups is 1. The number of pyridine rings is 1. The third kappa shape index (κ3) is 3.30. The zero-order chi connectivity index (χ0) is 19.0. The lowest BCUT2D eigenvalue weighted by atomic mass is 9.99. The van der Waals surface area contributed by atoms with Crippen molar-refractivity contribution >= 4 is 22.8 Å². The second-order valence-corrected chi connectivity index (χ2v) is 6.98. The fraction of sp³-hybridized carbons (Fsp3) is 0.286. The smallest absolute Gasteiger partial charge is 0.338 e. The maximum absolute atomic E-state index is 12.1. The van der Waals surface area contributed by atoms with E-state index in [0.717, 1.165) is 41.5 Å². The highest BCUT2D eigenvalue weighted by molar-refractivity contribution is 5.93. The number of aromatic nitrogens is 1. The highest BCUT2D eigenvalue weighted by Gasteiger charge is 2.27. The van der Waals surface area contributed by atoms with Crippen LogP contribution < -0.4 is 16.3 Å². The van der Waals surface area contributed by atoms with E-state index in [1.54, 1.807) is 0 Å². The Hall–Kier alpha value is -3.15. The van der Waals surface area contributed by atoms with Gasteiger partial charge in [0.15, 0.2) is 0 Å². The molecule has 138 valence electrons. The number of amides is 1. The number of anilines is 1. The lowest BCUT2D eigenvalue weighted by molar-refractivity contribution is -0.118. The topological polar surface area (TPSA) is 89.4 Å². The summed E-state index contributed by atoms with van der Waals surface area (Å²) in [6.45, 7) is 2.81. The van der Waals surface area contributed by atoms with Gasteiger partial charge in [-0.15, -0.1) is 0 Å². The van der Waals surface area contributed by atoms with E-state index >= 15 is 0 Å². The molecular formula is C21H21N3O3. The number of primary amides is 1. The standard InChI is InChI=1S/C21H21N3O3/c1-13-5-2-3-7-15(13)17-12-20(26)27-21-16(17)8-9-19(23-21)24-10-4-6-14(24)11-18(22)25/h2-3,5,7-9,12,14H,4,6,10-11H2,1H3,(H2,22,25). The number of benzene rings is 1. The average molecular weight is 363 g/mol. The molecule has 1 saturated heterocycles. The molecule has 1 fully saturated rings. The van der Waals surface area contributed by atoms with Crippen LogP contribution in [0.15, 0.2) is 51.7 Å². The Morgan fingerprint density at radius 1 is 1.26 bits per heavy atom. The molecule has 1 unspecified atom stereocenters. The zero-order valence-electron chi connectivity index (χ0n) is 15.1. The summed E-state index contributed by atoms with van der Waals surface area (Å²) in [6.07, 6.45) is 2.17. The average Bonchev–Trinajstić information content (AvgIpc) is 3.08. The van der Waals surface area contributed by atoms with Crippen LogP contribution in [0.25, 0.3) is 22.2 Å². The summed E-state index contributed by atoms with van der Waals surface area (Å²) < 4.78 is 5.40. The van der Waals surface area contributed by atoms with Crippen LogP contribution in [0.2, 0.25) is 0 Å². The van der Waals surface area contributed by atoms with Gasteiger partial charge in [-0.25, -0.2) is 4.79 Å². The van der Waals surface area contributed by atoms with Crippen molar-refractivity contribution in [2.24, 2.45) is 5.73 Å². The molecule has 3 aromatic rings. The fourth-order valence-corrected chi connectivity index (χ4v) is 3.87. The van der Waals surface area contributed by atoms with Gasteiger partial charge in [0.05, 0.1) is 0 Å². The second-order valence-electron chi connectivity index (χ2n) is 6.98. The Balaban J connectivity index is 1.81. The van der Waals surface area contributed by atoms with Gasteiger partial charge in [-0.05, 0) is 43.0 Å². The summed E-state index contributed by atoms with van der Waals surface area (Å²) in [5.74, 6) is 0.386. The molecule has 2 N–H and O–H groups in total. The number of rotatable bonds is 4. The van der Waals surface area contributed by atoms with E-state index < -0.39 is 5.63 Å². The predicted octanol–water partition coefficient (Wildman–Crippen LogP) is 3.01. The van der Waals surface area contributed by atoms with E-state index in [1.165, 1.54) is 6.07 Å². The third-order valence-electron chi connectivity index (χ3n) is 5.14. The SMILES string of the molecule is Cc1ccccc1-c1cc(=O)oc2nc(N3CCCC3CC(N)=O)ccc12. The van der Waals surface area contributed by atoms with Gasteiger partial charge in [0.2, 0.25) is 11.6 Å². The van der Waals surface area contributed by atoms with Crippen LogP contribution in [0.4, 0.5) is 5.82 Å². The minimum Gasteiger partial charge on any atom is -0.404 e. The number of aryl methyl sites for hydroxylation is 1. The Bertz CT molecular complexity index is 1070. The van der Waals surface area contributed by atoms with Gasteiger partial charge in [0.25, 0.3) is 0 Å². The molecule has 1 atom stereocenters. The summed E-state index contributed by atoms with van der Waals surface area (Å²) in [5.41, 5.74) is 8.13. The highest BCUT2D eigenvalue weighted by atomic mass is 16.4. The van der Waals surface area contributed by atoms with Gasteiger partial charge in [0, 0.05) is 36.0 Å². The molecule has 6 heteroatoms. The monoisotopic (exact) mass is 363 g/mol. The van der Waals surface area contributed by atoms with Gasteiger partial charge >= 0.3 is 5.63 Å². The highest BCUT2D eigenvalue weighted by Crippen LogP contribution is 2.32. The maximum atomic E-state index is 12.1. The van der Waals surface area contributed by atoms with E-state index in [1.807, 2.05) is 43.3 Å². The number of nitrogens with two attached hydrogens (primary N) is 1. The first-order valence-electron chi connectivity index (χ1n) is 9.09. The van der Waals surface area contributed by atoms with Crippen LogP contribution in [-0.2, 0) is 4.79 Å². The number of nitrogens with zero attached hydrogens (tertiary/aromatic N) is 2. The van der Waals surface area contributed by atoms with Crippen LogP contribution in [0.3, 0.4) is 0 Å². The summed E-state index contributed by atoms with van der Waals surface area (Å²) in [4.78, 5) is 30.2. The number of hydrogen-bond acceptors (Lipinski definition) is 5. The first-order valence-corrected chi connectivity index (χ1v) is 9.09. The Morgan fingerprint density at radius 3 is 2.85 bits per heavy atom. The van der Waals surface area contributed by atoms with Crippen LogP contribution in [0, 0.1) is 6.92 Å². The third-order valence-corrected chi connectivity index (χ3v) is 5.14. The van der Waals surface area contributed by atoms with E-state index in [4.69, 9.17) is 10.2 Å². The largest absolute Gasteiger partial charge is 0.404 e. The number of carbonyl (C=O) groups excluding carboxylic acids is 1. The van der Waals surface area contributed by atoms with Gasteiger partial charge in [-0.3, -0.25) is 4.79 Å². The van der Waals surface area contributed by atoms with E-state index in [-0.39, 0.29) is 11.9 Å². The lowest BCUT2D eigenvalue weighted by Gasteiger charge is -2.24. The molecule has 1 aliphatic heterocycles. The second kappa shape index (κ2) is 6.87. The maximum Gasteiger partial charge on any atom is 0.338 e. The quantitative estimate of drug-likeness (QED) is 0.770. The predicted molar refractivity (Wildman–Crippen MR) is 105 cm³/mol. The van der Waals surface area contributed by atoms with Crippen LogP contribution in [0.1, 0.15) is 24.8 Å². The van der Waals surface area contributed by atoms with Crippen molar-refractivity contribution in [1.29, 1.82) is 0 Å². The Labute approximate surface area is 156 Å². The summed E-state index contributed by atoms with van der Waals surface area (Å²) in [5, 5.41) is 0.790.